The Labute approximate surface area is 151 Å². The minimum Gasteiger partial charge on any atom is -0.370 e. The predicted molar refractivity (Wildman–Crippen MR) is 100 cm³/mol. The summed E-state index contributed by atoms with van der Waals surface area (Å²) in [5.74, 6) is 1.21. The molecule has 0 saturated heterocycles. The number of rotatable bonds is 6. The van der Waals surface area contributed by atoms with E-state index in [9.17, 15) is 0 Å². The topological polar surface area (TPSA) is 73.6 Å². The first-order chi connectivity index (χ1) is 12.2. The molecule has 0 bridgehead atoms. The molecule has 6 heteroatoms. The van der Waals surface area contributed by atoms with Crippen LogP contribution in [0.3, 0.4) is 0 Å². The second-order valence-electron chi connectivity index (χ2n) is 5.39. The third kappa shape index (κ3) is 4.93. The van der Waals surface area contributed by atoms with Crippen LogP contribution in [0.15, 0.2) is 60.8 Å². The first-order valence-corrected chi connectivity index (χ1v) is 8.19. The van der Waals surface area contributed by atoms with Crippen LogP contribution in [0.2, 0.25) is 5.02 Å². The highest BCUT2D eigenvalue weighted by Gasteiger charge is 2.02. The van der Waals surface area contributed by atoms with E-state index >= 15 is 0 Å². The van der Waals surface area contributed by atoms with Crippen molar-refractivity contribution in [3.63, 3.8) is 0 Å². The first-order valence-electron chi connectivity index (χ1n) is 7.81. The molecule has 2 N–H and O–H groups in total. The Hall–Kier alpha value is -3.10. The van der Waals surface area contributed by atoms with E-state index in [-0.39, 0.29) is 0 Å². The molecule has 0 amide bonds. The molecule has 1 heterocycles. The number of aromatic nitrogens is 2. The van der Waals surface area contributed by atoms with Gasteiger partial charge in [-0.15, -0.1) is 0 Å². The normalized spacial score (nSPS) is 10.1. The Morgan fingerprint density at radius 2 is 1.96 bits per heavy atom. The Morgan fingerprint density at radius 1 is 1.08 bits per heavy atom. The smallest absolute Gasteiger partial charge is 0.229 e. The summed E-state index contributed by atoms with van der Waals surface area (Å²) in [6, 6.07) is 18.9. The van der Waals surface area contributed by atoms with E-state index in [0.29, 0.717) is 11.5 Å². The average molecular weight is 350 g/mol. The van der Waals surface area contributed by atoms with Gasteiger partial charge in [-0.2, -0.15) is 10.2 Å². The van der Waals surface area contributed by atoms with Crippen molar-refractivity contribution in [1.82, 2.24) is 9.97 Å². The van der Waals surface area contributed by atoms with E-state index in [1.54, 1.807) is 18.3 Å². The Bertz CT molecular complexity index is 904. The van der Waals surface area contributed by atoms with Crippen molar-refractivity contribution >= 4 is 29.1 Å². The van der Waals surface area contributed by atoms with Crippen LogP contribution in [0.5, 0.6) is 0 Å². The van der Waals surface area contributed by atoms with Gasteiger partial charge in [0.15, 0.2) is 0 Å². The van der Waals surface area contributed by atoms with Gasteiger partial charge in [-0.05, 0) is 48.4 Å². The van der Waals surface area contributed by atoms with E-state index in [1.165, 1.54) is 5.56 Å². The molecule has 0 aliphatic rings. The van der Waals surface area contributed by atoms with Gasteiger partial charge in [-0.3, -0.25) is 0 Å². The third-order valence-corrected chi connectivity index (χ3v) is 3.75. The van der Waals surface area contributed by atoms with Crippen molar-refractivity contribution in [3.05, 3.63) is 76.9 Å². The predicted octanol–water partition coefficient (Wildman–Crippen LogP) is 4.40. The van der Waals surface area contributed by atoms with Crippen LogP contribution in [0.25, 0.3) is 0 Å². The summed E-state index contributed by atoms with van der Waals surface area (Å²) >= 11 is 5.99. The summed E-state index contributed by atoms with van der Waals surface area (Å²) < 4.78 is 0. The molecule has 1 aromatic heterocycles. The molecule has 2 aromatic carbocycles. The summed E-state index contributed by atoms with van der Waals surface area (Å²) in [4.78, 5) is 8.64. The number of hydrogen-bond donors (Lipinski definition) is 2. The number of nitriles is 1. The highest BCUT2D eigenvalue weighted by molar-refractivity contribution is 6.30. The van der Waals surface area contributed by atoms with Crippen molar-refractivity contribution in [2.45, 2.75) is 6.42 Å². The summed E-state index contributed by atoms with van der Waals surface area (Å²) in [5, 5.41) is 16.1. The van der Waals surface area contributed by atoms with Crippen LogP contribution in [0.4, 0.5) is 17.5 Å². The van der Waals surface area contributed by atoms with Crippen LogP contribution in [-0.2, 0) is 6.42 Å². The molecule has 0 atom stereocenters. The van der Waals surface area contributed by atoms with Gasteiger partial charge in [-0.1, -0.05) is 29.8 Å². The number of anilines is 3. The molecular weight excluding hydrogens is 334 g/mol. The minimum atomic E-state index is 0.475. The summed E-state index contributed by atoms with van der Waals surface area (Å²) in [5.41, 5.74) is 2.52. The summed E-state index contributed by atoms with van der Waals surface area (Å²) in [7, 11) is 0. The zero-order valence-corrected chi connectivity index (χ0v) is 14.2. The zero-order valence-electron chi connectivity index (χ0n) is 13.4. The van der Waals surface area contributed by atoms with Gasteiger partial charge in [-0.25, -0.2) is 4.98 Å². The lowest BCUT2D eigenvalue weighted by Gasteiger charge is -2.09. The van der Waals surface area contributed by atoms with Gasteiger partial charge in [0, 0.05) is 23.5 Å². The van der Waals surface area contributed by atoms with E-state index in [2.05, 4.69) is 26.7 Å². The number of benzene rings is 2. The fourth-order valence-electron chi connectivity index (χ4n) is 2.34. The van der Waals surface area contributed by atoms with Crippen molar-refractivity contribution in [2.24, 2.45) is 0 Å². The fourth-order valence-corrected chi connectivity index (χ4v) is 2.55. The standard InChI is InChI=1S/C19H16ClN5/c20-16-5-1-3-14(11-16)7-9-22-18-8-10-23-19(25-18)24-17-6-2-4-15(12-17)13-21/h1-6,8,10-12H,7,9H2,(H2,22,23,24,25). The largest absolute Gasteiger partial charge is 0.370 e. The van der Waals surface area contributed by atoms with Crippen LogP contribution < -0.4 is 10.6 Å². The highest BCUT2D eigenvalue weighted by Crippen LogP contribution is 2.16. The Kier molecular flexibility index (Phi) is 5.45. The van der Waals surface area contributed by atoms with E-state index in [4.69, 9.17) is 16.9 Å². The van der Waals surface area contributed by atoms with Crippen molar-refractivity contribution < 1.29 is 0 Å². The van der Waals surface area contributed by atoms with Gasteiger partial charge in [0.2, 0.25) is 5.95 Å². The van der Waals surface area contributed by atoms with Crippen LogP contribution in [0, 0.1) is 11.3 Å². The molecule has 0 aliphatic heterocycles. The van der Waals surface area contributed by atoms with Gasteiger partial charge >= 0.3 is 0 Å². The van der Waals surface area contributed by atoms with E-state index in [1.807, 2.05) is 42.5 Å². The molecular formula is C19H16ClN5. The maximum atomic E-state index is 8.95. The van der Waals surface area contributed by atoms with Crippen LogP contribution in [-0.4, -0.2) is 16.5 Å². The quantitative estimate of drug-likeness (QED) is 0.690. The fraction of sp³-hybridized carbons (Fsp3) is 0.105. The number of halogens is 1. The molecule has 0 spiro atoms. The molecule has 0 aliphatic carbocycles. The number of hydrogen-bond acceptors (Lipinski definition) is 5. The lowest BCUT2D eigenvalue weighted by molar-refractivity contribution is 1.00. The summed E-state index contributed by atoms with van der Waals surface area (Å²) in [6.07, 6.45) is 2.53. The molecule has 3 aromatic rings. The number of nitrogens with one attached hydrogen (secondary N) is 2. The van der Waals surface area contributed by atoms with E-state index < -0.39 is 0 Å². The Balaban J connectivity index is 1.60. The molecule has 0 unspecified atom stereocenters. The van der Waals surface area contributed by atoms with Crippen molar-refractivity contribution in [1.29, 1.82) is 5.26 Å². The van der Waals surface area contributed by atoms with Gasteiger partial charge < -0.3 is 10.6 Å². The molecule has 25 heavy (non-hydrogen) atoms. The molecule has 124 valence electrons. The lowest BCUT2D eigenvalue weighted by Crippen LogP contribution is -2.07. The van der Waals surface area contributed by atoms with Crippen molar-refractivity contribution in [3.8, 4) is 6.07 Å². The summed E-state index contributed by atoms with van der Waals surface area (Å²) in [6.45, 7) is 0.737. The maximum Gasteiger partial charge on any atom is 0.229 e. The Morgan fingerprint density at radius 3 is 2.80 bits per heavy atom. The third-order valence-electron chi connectivity index (χ3n) is 3.51. The molecule has 0 radical (unpaired) electrons. The highest BCUT2D eigenvalue weighted by atomic mass is 35.5. The second kappa shape index (κ2) is 8.13. The number of nitrogens with zero attached hydrogens (tertiary/aromatic N) is 3. The second-order valence-corrected chi connectivity index (χ2v) is 5.83. The van der Waals surface area contributed by atoms with Crippen molar-refractivity contribution in [2.75, 3.05) is 17.2 Å². The molecule has 5 nitrogen and oxygen atoms in total. The average Bonchev–Trinajstić information content (AvgIpc) is 2.62. The van der Waals surface area contributed by atoms with Crippen LogP contribution >= 0.6 is 11.6 Å². The molecule has 3 rings (SSSR count). The van der Waals surface area contributed by atoms with Gasteiger partial charge in [0.25, 0.3) is 0 Å². The molecule has 0 fully saturated rings. The first kappa shape index (κ1) is 16.7. The lowest BCUT2D eigenvalue weighted by atomic mass is 10.1. The minimum absolute atomic E-state index is 0.475. The van der Waals surface area contributed by atoms with Gasteiger partial charge in [0.1, 0.15) is 5.82 Å². The van der Waals surface area contributed by atoms with Gasteiger partial charge in [0.05, 0.1) is 11.6 Å². The SMILES string of the molecule is N#Cc1cccc(Nc2nccc(NCCc3cccc(Cl)c3)n2)c1. The molecule has 0 saturated carbocycles. The maximum absolute atomic E-state index is 8.95. The van der Waals surface area contributed by atoms with Crippen LogP contribution in [0.1, 0.15) is 11.1 Å². The van der Waals surface area contributed by atoms with E-state index in [0.717, 1.165) is 29.5 Å². The zero-order chi connectivity index (χ0) is 17.5. The monoisotopic (exact) mass is 349 g/mol.